The molecule has 9 heavy (non-hydrogen) atoms. The molecule has 0 aliphatic carbocycles. The first kappa shape index (κ1) is 10.1. The molecule has 0 saturated carbocycles. The molecule has 1 rings (SSSR count). The van der Waals surface area contributed by atoms with E-state index in [2.05, 4.69) is 4.99 Å². The Kier molecular flexibility index (Phi) is 6.58. The Hall–Kier alpha value is 1.11. The standard InChI is InChI=1S/C6H11NO.K/c8-6-4-2-1-3-5-7-6;/h1-5H2,(H,7,8);/q;+1/p-1. The van der Waals surface area contributed by atoms with Gasteiger partial charge in [-0.2, -0.15) is 0 Å². The maximum atomic E-state index is 10.5. The zero-order valence-electron chi connectivity index (χ0n) is 5.89. The molecule has 1 aliphatic heterocycles. The van der Waals surface area contributed by atoms with Crippen LogP contribution in [-0.2, 0) is 0 Å². The van der Waals surface area contributed by atoms with Crippen molar-refractivity contribution in [2.45, 2.75) is 25.7 Å². The topological polar surface area (TPSA) is 35.4 Å². The Bertz CT molecular complexity index is 103. The van der Waals surface area contributed by atoms with E-state index >= 15 is 0 Å². The minimum Gasteiger partial charge on any atom is -0.862 e. The van der Waals surface area contributed by atoms with Crippen molar-refractivity contribution in [3.8, 4) is 0 Å². The summed E-state index contributed by atoms with van der Waals surface area (Å²) >= 11 is 0. The molecule has 1 heterocycles. The first-order valence-corrected chi connectivity index (χ1v) is 3.10. The number of aliphatic imine (C=N–C) groups is 1. The molecule has 0 spiro atoms. The molecule has 2 nitrogen and oxygen atoms in total. The second-order valence-electron chi connectivity index (χ2n) is 2.09. The molecule has 46 valence electrons. The second-order valence-corrected chi connectivity index (χ2v) is 2.09. The molecule has 0 aromatic heterocycles. The van der Waals surface area contributed by atoms with Gasteiger partial charge in [-0.05, 0) is 25.2 Å². The molecule has 0 aromatic rings. The average Bonchev–Trinajstić information content (AvgIpc) is 1.94. The fourth-order valence-electron chi connectivity index (χ4n) is 0.848. The zero-order valence-corrected chi connectivity index (χ0v) is 9.01. The Labute approximate surface area is 98.2 Å². The van der Waals surface area contributed by atoms with Crippen molar-refractivity contribution in [1.82, 2.24) is 0 Å². The van der Waals surface area contributed by atoms with Gasteiger partial charge in [0.2, 0.25) is 0 Å². The van der Waals surface area contributed by atoms with Crippen molar-refractivity contribution in [3.63, 3.8) is 0 Å². The maximum absolute atomic E-state index is 10.5. The van der Waals surface area contributed by atoms with Crippen LogP contribution in [0.4, 0.5) is 0 Å². The Morgan fingerprint density at radius 3 is 2.78 bits per heavy atom. The molecule has 0 unspecified atom stereocenters. The predicted octanol–water partition coefficient (Wildman–Crippen LogP) is -2.68. The number of nitrogens with zero attached hydrogens (tertiary/aromatic N) is 1. The molecule has 0 N–H and O–H groups in total. The number of hydrogen-bond donors (Lipinski definition) is 0. The van der Waals surface area contributed by atoms with Crippen molar-refractivity contribution in [3.05, 3.63) is 0 Å². The summed E-state index contributed by atoms with van der Waals surface area (Å²) in [6, 6.07) is 0. The van der Waals surface area contributed by atoms with Crippen molar-refractivity contribution < 1.29 is 56.5 Å². The quantitative estimate of drug-likeness (QED) is 0.348. The molecular weight excluding hydrogens is 141 g/mol. The summed E-state index contributed by atoms with van der Waals surface area (Å²) in [6.07, 6.45) is 4.00. The SMILES string of the molecule is [K+].[O-]C1=NCCCCC1. The van der Waals surface area contributed by atoms with Crippen LogP contribution in [0.2, 0.25) is 0 Å². The first-order chi connectivity index (χ1) is 3.89. The van der Waals surface area contributed by atoms with Gasteiger partial charge >= 0.3 is 51.4 Å². The minimum atomic E-state index is 0. The van der Waals surface area contributed by atoms with E-state index in [0.29, 0.717) is 6.42 Å². The van der Waals surface area contributed by atoms with E-state index < -0.39 is 0 Å². The van der Waals surface area contributed by atoms with Gasteiger partial charge in [0, 0.05) is 6.54 Å². The number of rotatable bonds is 0. The molecule has 1 aliphatic rings. The zero-order chi connectivity index (χ0) is 5.82. The van der Waals surface area contributed by atoms with Gasteiger partial charge in [0.1, 0.15) is 0 Å². The van der Waals surface area contributed by atoms with Gasteiger partial charge in [-0.3, -0.25) is 0 Å². The Morgan fingerprint density at radius 1 is 1.22 bits per heavy atom. The van der Waals surface area contributed by atoms with Crippen LogP contribution in [0.1, 0.15) is 25.7 Å². The van der Waals surface area contributed by atoms with Crippen molar-refractivity contribution in [2.75, 3.05) is 6.54 Å². The largest absolute Gasteiger partial charge is 1.00 e. The van der Waals surface area contributed by atoms with Crippen molar-refractivity contribution in [1.29, 1.82) is 0 Å². The average molecular weight is 151 g/mol. The molecule has 3 heteroatoms. The van der Waals surface area contributed by atoms with Gasteiger partial charge in [0.15, 0.2) is 0 Å². The third-order valence-electron chi connectivity index (χ3n) is 1.34. The molecule has 0 fully saturated rings. The van der Waals surface area contributed by atoms with Crippen LogP contribution in [0.5, 0.6) is 0 Å². The van der Waals surface area contributed by atoms with Gasteiger partial charge in [0.05, 0.1) is 0 Å². The molecule has 0 aromatic carbocycles. The second kappa shape index (κ2) is 5.86. The van der Waals surface area contributed by atoms with Crippen LogP contribution < -0.4 is 56.5 Å². The summed E-state index contributed by atoms with van der Waals surface area (Å²) in [5.41, 5.74) is 0. The number of hydrogen-bond acceptors (Lipinski definition) is 2. The minimum absolute atomic E-state index is 0. The molecular formula is C6H10KNO. The van der Waals surface area contributed by atoms with E-state index in [1.807, 2.05) is 0 Å². The molecule has 0 saturated heterocycles. The Morgan fingerprint density at radius 2 is 2.00 bits per heavy atom. The smallest absolute Gasteiger partial charge is 0.862 e. The summed E-state index contributed by atoms with van der Waals surface area (Å²) in [6.45, 7) is 0.763. The molecule has 0 bridgehead atoms. The molecule has 0 atom stereocenters. The van der Waals surface area contributed by atoms with E-state index in [1.165, 1.54) is 6.42 Å². The molecule has 0 amide bonds. The van der Waals surface area contributed by atoms with Gasteiger partial charge in [0.25, 0.3) is 0 Å². The van der Waals surface area contributed by atoms with Crippen LogP contribution in [0, 0.1) is 0 Å². The summed E-state index contributed by atoms with van der Waals surface area (Å²) in [7, 11) is 0. The van der Waals surface area contributed by atoms with Crippen molar-refractivity contribution >= 4 is 5.90 Å². The summed E-state index contributed by atoms with van der Waals surface area (Å²) in [4.78, 5) is 3.78. The fraction of sp³-hybridized carbons (Fsp3) is 0.833. The van der Waals surface area contributed by atoms with Gasteiger partial charge < -0.3 is 10.1 Å². The van der Waals surface area contributed by atoms with Crippen LogP contribution in [0.25, 0.3) is 0 Å². The van der Waals surface area contributed by atoms with Crippen LogP contribution in [0.3, 0.4) is 0 Å². The summed E-state index contributed by atoms with van der Waals surface area (Å²) in [5, 5.41) is 10.5. The van der Waals surface area contributed by atoms with Gasteiger partial charge in [-0.1, -0.05) is 6.42 Å². The Balaban J connectivity index is 0.000000640. The summed E-state index contributed by atoms with van der Waals surface area (Å²) in [5.74, 6) is 0.0995. The van der Waals surface area contributed by atoms with E-state index in [1.54, 1.807) is 0 Å². The van der Waals surface area contributed by atoms with Crippen molar-refractivity contribution in [2.24, 2.45) is 4.99 Å². The maximum Gasteiger partial charge on any atom is 1.00 e. The summed E-state index contributed by atoms with van der Waals surface area (Å²) < 4.78 is 0. The van der Waals surface area contributed by atoms with Gasteiger partial charge in [-0.25, -0.2) is 0 Å². The van der Waals surface area contributed by atoms with E-state index in [0.717, 1.165) is 19.4 Å². The predicted molar refractivity (Wildman–Crippen MR) is 30.8 cm³/mol. The third-order valence-corrected chi connectivity index (χ3v) is 1.34. The van der Waals surface area contributed by atoms with E-state index in [9.17, 15) is 5.11 Å². The van der Waals surface area contributed by atoms with Crippen LogP contribution in [-0.4, -0.2) is 12.4 Å². The third kappa shape index (κ3) is 4.50. The van der Waals surface area contributed by atoms with E-state index in [4.69, 9.17) is 0 Å². The van der Waals surface area contributed by atoms with Gasteiger partial charge in [-0.15, -0.1) is 0 Å². The first-order valence-electron chi connectivity index (χ1n) is 3.10. The normalized spacial score (nSPS) is 19.3. The van der Waals surface area contributed by atoms with Crippen LogP contribution >= 0.6 is 0 Å². The monoisotopic (exact) mass is 151 g/mol. The van der Waals surface area contributed by atoms with Crippen LogP contribution in [0.15, 0.2) is 4.99 Å². The van der Waals surface area contributed by atoms with E-state index in [-0.39, 0.29) is 57.3 Å². The molecule has 0 radical (unpaired) electrons. The fourth-order valence-corrected chi connectivity index (χ4v) is 0.848.